The van der Waals surface area contributed by atoms with Gasteiger partial charge in [0, 0.05) is 18.3 Å². The summed E-state index contributed by atoms with van der Waals surface area (Å²) in [6.45, 7) is 0. The number of sulfonamides is 1. The SMILES string of the molecule is CNC(=O)c1cccc(NS(=O)(=O)c2cc(F)ccc2F)c1. The first-order valence-electron chi connectivity index (χ1n) is 6.13. The summed E-state index contributed by atoms with van der Waals surface area (Å²) in [5, 5.41) is 2.39. The van der Waals surface area contributed by atoms with Gasteiger partial charge in [0.15, 0.2) is 0 Å². The average Bonchev–Trinajstić information content (AvgIpc) is 2.48. The molecule has 5 nitrogen and oxygen atoms in total. The minimum absolute atomic E-state index is 0.0600. The Labute approximate surface area is 126 Å². The lowest BCUT2D eigenvalue weighted by molar-refractivity contribution is 0.0963. The van der Waals surface area contributed by atoms with Gasteiger partial charge in [0.25, 0.3) is 15.9 Å². The molecule has 2 aromatic carbocycles. The summed E-state index contributed by atoms with van der Waals surface area (Å²) in [7, 11) is -2.88. The molecule has 0 radical (unpaired) electrons. The highest BCUT2D eigenvalue weighted by molar-refractivity contribution is 7.92. The van der Waals surface area contributed by atoms with E-state index in [0.717, 1.165) is 12.1 Å². The van der Waals surface area contributed by atoms with Crippen molar-refractivity contribution in [3.63, 3.8) is 0 Å². The van der Waals surface area contributed by atoms with E-state index < -0.39 is 32.5 Å². The molecular formula is C14H12F2N2O3S. The number of benzene rings is 2. The van der Waals surface area contributed by atoms with Crippen LogP contribution in [0.2, 0.25) is 0 Å². The van der Waals surface area contributed by atoms with E-state index in [2.05, 4.69) is 10.0 Å². The number of amides is 1. The maximum Gasteiger partial charge on any atom is 0.264 e. The zero-order valence-corrected chi connectivity index (χ0v) is 12.2. The molecule has 2 N–H and O–H groups in total. The van der Waals surface area contributed by atoms with Crippen LogP contribution in [0.4, 0.5) is 14.5 Å². The lowest BCUT2D eigenvalue weighted by Gasteiger charge is -2.10. The highest BCUT2D eigenvalue weighted by atomic mass is 32.2. The minimum atomic E-state index is -4.31. The molecule has 0 fully saturated rings. The van der Waals surface area contributed by atoms with Crippen molar-refractivity contribution in [2.75, 3.05) is 11.8 Å². The Balaban J connectivity index is 2.37. The fraction of sp³-hybridized carbons (Fsp3) is 0.0714. The van der Waals surface area contributed by atoms with Gasteiger partial charge in [0.2, 0.25) is 0 Å². The van der Waals surface area contributed by atoms with E-state index >= 15 is 0 Å². The Kier molecular flexibility index (Phi) is 4.41. The summed E-state index contributed by atoms with van der Waals surface area (Å²) in [5.41, 5.74) is 0.284. The van der Waals surface area contributed by atoms with Crippen LogP contribution in [0.15, 0.2) is 47.4 Å². The second-order valence-electron chi connectivity index (χ2n) is 4.34. The van der Waals surface area contributed by atoms with Gasteiger partial charge in [-0.05, 0) is 36.4 Å². The van der Waals surface area contributed by atoms with Gasteiger partial charge in [0.1, 0.15) is 16.5 Å². The molecule has 0 bridgehead atoms. The predicted molar refractivity (Wildman–Crippen MR) is 77.0 cm³/mol. The van der Waals surface area contributed by atoms with Crippen LogP contribution in [0.5, 0.6) is 0 Å². The fourth-order valence-electron chi connectivity index (χ4n) is 1.76. The topological polar surface area (TPSA) is 75.3 Å². The van der Waals surface area contributed by atoms with Gasteiger partial charge >= 0.3 is 0 Å². The van der Waals surface area contributed by atoms with E-state index in [-0.39, 0.29) is 11.3 Å². The van der Waals surface area contributed by atoms with Crippen molar-refractivity contribution in [1.82, 2.24) is 5.32 Å². The lowest BCUT2D eigenvalue weighted by Crippen LogP contribution is -2.19. The minimum Gasteiger partial charge on any atom is -0.355 e. The molecular weight excluding hydrogens is 314 g/mol. The maximum absolute atomic E-state index is 13.6. The van der Waals surface area contributed by atoms with Gasteiger partial charge in [-0.3, -0.25) is 9.52 Å². The molecule has 0 aliphatic heterocycles. The summed E-state index contributed by atoms with van der Waals surface area (Å²) >= 11 is 0. The highest BCUT2D eigenvalue weighted by Crippen LogP contribution is 2.20. The molecule has 0 aliphatic carbocycles. The molecule has 0 heterocycles. The smallest absolute Gasteiger partial charge is 0.264 e. The number of hydrogen-bond acceptors (Lipinski definition) is 3. The summed E-state index contributed by atoms with van der Waals surface area (Å²) < 4.78 is 53.0. The highest BCUT2D eigenvalue weighted by Gasteiger charge is 2.20. The quantitative estimate of drug-likeness (QED) is 0.904. The molecule has 8 heteroatoms. The van der Waals surface area contributed by atoms with Crippen LogP contribution in [0, 0.1) is 11.6 Å². The van der Waals surface area contributed by atoms with Crippen LogP contribution >= 0.6 is 0 Å². The second-order valence-corrected chi connectivity index (χ2v) is 5.99. The molecule has 2 aromatic rings. The summed E-state index contributed by atoms with van der Waals surface area (Å²) in [6, 6.07) is 7.75. The van der Waals surface area contributed by atoms with E-state index in [1.165, 1.54) is 31.3 Å². The monoisotopic (exact) mass is 326 g/mol. The zero-order chi connectivity index (χ0) is 16.3. The van der Waals surface area contributed by atoms with Crippen LogP contribution in [0.25, 0.3) is 0 Å². The maximum atomic E-state index is 13.6. The van der Waals surface area contributed by atoms with Crippen LogP contribution in [-0.4, -0.2) is 21.4 Å². The number of nitrogens with one attached hydrogen (secondary N) is 2. The van der Waals surface area contributed by atoms with E-state index in [0.29, 0.717) is 6.07 Å². The van der Waals surface area contributed by atoms with Gasteiger partial charge < -0.3 is 5.32 Å². The number of halogens is 2. The van der Waals surface area contributed by atoms with Crippen LogP contribution in [0.3, 0.4) is 0 Å². The Hall–Kier alpha value is -2.48. The summed E-state index contributed by atoms with van der Waals surface area (Å²) in [4.78, 5) is 10.7. The van der Waals surface area contributed by atoms with Crippen LogP contribution in [-0.2, 0) is 10.0 Å². The molecule has 0 aliphatic rings. The van der Waals surface area contributed by atoms with Gasteiger partial charge in [-0.15, -0.1) is 0 Å². The van der Waals surface area contributed by atoms with Gasteiger partial charge in [-0.25, -0.2) is 17.2 Å². The van der Waals surface area contributed by atoms with Gasteiger partial charge in [-0.2, -0.15) is 0 Å². The Bertz CT molecular complexity index is 823. The van der Waals surface area contributed by atoms with Crippen molar-refractivity contribution in [3.05, 3.63) is 59.7 Å². The normalized spacial score (nSPS) is 11.0. The first-order chi connectivity index (χ1) is 10.3. The first-order valence-corrected chi connectivity index (χ1v) is 7.62. The van der Waals surface area contributed by atoms with Gasteiger partial charge in [0.05, 0.1) is 0 Å². The lowest BCUT2D eigenvalue weighted by atomic mass is 10.2. The van der Waals surface area contributed by atoms with Gasteiger partial charge in [-0.1, -0.05) is 6.07 Å². The first kappa shape index (κ1) is 15.9. The zero-order valence-electron chi connectivity index (χ0n) is 11.4. The molecule has 22 heavy (non-hydrogen) atoms. The van der Waals surface area contributed by atoms with Crippen LogP contribution in [0.1, 0.15) is 10.4 Å². The molecule has 1 amide bonds. The molecule has 0 spiro atoms. The largest absolute Gasteiger partial charge is 0.355 e. The predicted octanol–water partition coefficient (Wildman–Crippen LogP) is 2.13. The van der Waals surface area contributed by atoms with Crippen molar-refractivity contribution < 1.29 is 22.0 Å². The number of carbonyl (C=O) groups is 1. The fourth-order valence-corrected chi connectivity index (χ4v) is 2.90. The average molecular weight is 326 g/mol. The summed E-state index contributed by atoms with van der Waals surface area (Å²) in [6.07, 6.45) is 0. The van der Waals surface area contributed by atoms with E-state index in [1.54, 1.807) is 0 Å². The third-order valence-corrected chi connectivity index (χ3v) is 4.18. The number of rotatable bonds is 4. The van der Waals surface area contributed by atoms with Crippen molar-refractivity contribution in [3.8, 4) is 0 Å². The molecule has 0 aromatic heterocycles. The van der Waals surface area contributed by atoms with Crippen molar-refractivity contribution in [2.24, 2.45) is 0 Å². The van der Waals surface area contributed by atoms with Crippen molar-refractivity contribution in [1.29, 1.82) is 0 Å². The molecule has 2 rings (SSSR count). The van der Waals surface area contributed by atoms with E-state index in [4.69, 9.17) is 0 Å². The third-order valence-electron chi connectivity index (χ3n) is 2.79. The Morgan fingerprint density at radius 2 is 1.82 bits per heavy atom. The van der Waals surface area contributed by atoms with E-state index in [9.17, 15) is 22.0 Å². The number of anilines is 1. The molecule has 0 saturated carbocycles. The van der Waals surface area contributed by atoms with Crippen molar-refractivity contribution >= 4 is 21.6 Å². The molecule has 0 saturated heterocycles. The summed E-state index contributed by atoms with van der Waals surface area (Å²) in [5.74, 6) is -2.35. The standard InChI is InChI=1S/C14H12F2N2O3S/c1-17-14(19)9-3-2-4-11(7-9)18-22(20,21)13-8-10(15)5-6-12(13)16/h2-8,18H,1H3,(H,17,19). The van der Waals surface area contributed by atoms with Crippen molar-refractivity contribution in [2.45, 2.75) is 4.90 Å². The third kappa shape index (κ3) is 3.40. The number of carbonyl (C=O) groups excluding carboxylic acids is 1. The Morgan fingerprint density at radius 1 is 1.09 bits per heavy atom. The molecule has 116 valence electrons. The number of hydrogen-bond donors (Lipinski definition) is 2. The van der Waals surface area contributed by atoms with Crippen LogP contribution < -0.4 is 10.0 Å². The molecule has 0 unspecified atom stereocenters. The second kappa shape index (κ2) is 6.10. The molecule has 0 atom stereocenters. The Morgan fingerprint density at radius 3 is 2.50 bits per heavy atom. The van der Waals surface area contributed by atoms with E-state index in [1.807, 2.05) is 0 Å².